The summed E-state index contributed by atoms with van der Waals surface area (Å²) >= 11 is 2.83. The normalized spacial score (nSPS) is 12.1. The molecule has 0 spiro atoms. The third-order valence-corrected chi connectivity index (χ3v) is 5.16. The third-order valence-electron chi connectivity index (χ3n) is 3.08. The maximum absolute atomic E-state index is 13.7. The van der Waals surface area contributed by atoms with E-state index in [-0.39, 0.29) is 11.0 Å². The lowest BCUT2D eigenvalue weighted by atomic mass is 10.2. The van der Waals surface area contributed by atoms with E-state index in [4.69, 9.17) is 4.74 Å². The van der Waals surface area contributed by atoms with Crippen LogP contribution in [0.25, 0.3) is 0 Å². The number of rotatable bonds is 8. The fraction of sp³-hybridized carbons (Fsp3) is 0.562. The van der Waals surface area contributed by atoms with Crippen LogP contribution in [0.2, 0.25) is 0 Å². The second-order valence-electron chi connectivity index (χ2n) is 6.58. The Kier molecular flexibility index (Phi) is 8.42. The number of sulfonamides is 1. The Bertz CT molecular complexity index is 737. The van der Waals surface area contributed by atoms with Gasteiger partial charge in [0.25, 0.3) is 0 Å². The predicted molar refractivity (Wildman–Crippen MR) is 97.3 cm³/mol. The van der Waals surface area contributed by atoms with Gasteiger partial charge in [-0.3, -0.25) is 0 Å². The number of amides is 1. The van der Waals surface area contributed by atoms with Crippen molar-refractivity contribution in [3.63, 3.8) is 0 Å². The number of ether oxygens (including phenoxy) is 1. The van der Waals surface area contributed by atoms with Crippen LogP contribution in [0, 0.1) is 11.6 Å². The monoisotopic (exact) mass is 456 g/mol. The van der Waals surface area contributed by atoms with Gasteiger partial charge >= 0.3 is 6.09 Å². The summed E-state index contributed by atoms with van der Waals surface area (Å²) < 4.78 is 58.2. The van der Waals surface area contributed by atoms with Gasteiger partial charge in [0.15, 0.2) is 0 Å². The molecule has 1 aromatic rings. The molecule has 0 aliphatic heterocycles. The molecule has 0 aromatic heterocycles. The topological polar surface area (TPSA) is 84.5 Å². The van der Waals surface area contributed by atoms with Crippen LogP contribution >= 0.6 is 15.9 Å². The molecule has 0 saturated carbocycles. The number of benzene rings is 1. The van der Waals surface area contributed by atoms with E-state index in [0.717, 1.165) is 6.07 Å². The molecule has 0 atom stereocenters. The zero-order valence-corrected chi connectivity index (χ0v) is 17.3. The molecule has 1 rings (SSSR count). The average molecular weight is 457 g/mol. The van der Waals surface area contributed by atoms with Gasteiger partial charge in [0.2, 0.25) is 10.0 Å². The van der Waals surface area contributed by atoms with Crippen LogP contribution < -0.4 is 10.0 Å². The Morgan fingerprint density at radius 3 is 2.35 bits per heavy atom. The summed E-state index contributed by atoms with van der Waals surface area (Å²) in [6.45, 7) is 5.80. The highest BCUT2D eigenvalue weighted by Gasteiger charge is 2.21. The summed E-state index contributed by atoms with van der Waals surface area (Å²) in [4.78, 5) is 10.8. The van der Waals surface area contributed by atoms with Gasteiger partial charge in [0, 0.05) is 19.2 Å². The molecule has 10 heteroatoms. The fourth-order valence-electron chi connectivity index (χ4n) is 1.93. The Labute approximate surface area is 160 Å². The van der Waals surface area contributed by atoms with Crippen molar-refractivity contribution in [2.24, 2.45) is 0 Å². The van der Waals surface area contributed by atoms with Gasteiger partial charge in [-0.25, -0.2) is 26.7 Å². The van der Waals surface area contributed by atoms with E-state index in [2.05, 4.69) is 26.0 Å². The Hall–Kier alpha value is -1.26. The molecule has 1 amide bonds. The lowest BCUT2D eigenvalue weighted by Crippen LogP contribution is -2.33. The quantitative estimate of drug-likeness (QED) is 0.461. The summed E-state index contributed by atoms with van der Waals surface area (Å²) in [5.74, 6) is -2.03. The molecular weight excluding hydrogens is 434 g/mol. The van der Waals surface area contributed by atoms with Crippen molar-refractivity contribution < 1.29 is 26.7 Å². The Morgan fingerprint density at radius 2 is 1.73 bits per heavy atom. The standard InChI is InChI=1S/C16H23BrF2N2O4S/c1-16(2,3)25-15(22)20-7-5-4-6-8-21-26(23,24)14-9-11(17)12(18)10-13(14)19/h9-10,21H,4-8H2,1-3H3,(H,20,22). The molecular formula is C16H23BrF2N2O4S. The van der Waals surface area contributed by atoms with E-state index in [1.165, 1.54) is 0 Å². The van der Waals surface area contributed by atoms with Crippen molar-refractivity contribution in [1.29, 1.82) is 0 Å². The Balaban J connectivity index is 2.33. The SMILES string of the molecule is CC(C)(C)OC(=O)NCCCCCNS(=O)(=O)c1cc(Br)c(F)cc1F. The number of alkyl carbamates (subject to hydrolysis) is 1. The van der Waals surface area contributed by atoms with Gasteiger partial charge in [-0.05, 0) is 55.6 Å². The smallest absolute Gasteiger partial charge is 0.407 e. The van der Waals surface area contributed by atoms with Crippen LogP contribution in [0.1, 0.15) is 40.0 Å². The predicted octanol–water partition coefficient (Wildman–Crippen LogP) is 3.70. The highest BCUT2D eigenvalue weighted by Crippen LogP contribution is 2.23. The lowest BCUT2D eigenvalue weighted by molar-refractivity contribution is 0.0527. The van der Waals surface area contributed by atoms with E-state index in [1.54, 1.807) is 20.8 Å². The molecule has 26 heavy (non-hydrogen) atoms. The van der Waals surface area contributed by atoms with E-state index in [9.17, 15) is 22.0 Å². The minimum Gasteiger partial charge on any atom is -0.444 e. The summed E-state index contributed by atoms with van der Waals surface area (Å²) in [6.07, 6.45) is 1.28. The summed E-state index contributed by atoms with van der Waals surface area (Å²) in [5, 5.41) is 2.60. The van der Waals surface area contributed by atoms with E-state index < -0.39 is 38.2 Å². The van der Waals surface area contributed by atoms with Gasteiger partial charge < -0.3 is 10.1 Å². The molecule has 0 aliphatic rings. The fourth-order valence-corrected chi connectivity index (χ4v) is 3.58. The van der Waals surface area contributed by atoms with Crippen LogP contribution in [-0.2, 0) is 14.8 Å². The first-order valence-electron chi connectivity index (χ1n) is 8.03. The number of carbonyl (C=O) groups excluding carboxylic acids is 1. The minimum atomic E-state index is -4.07. The van der Waals surface area contributed by atoms with Gasteiger partial charge in [-0.1, -0.05) is 6.42 Å². The van der Waals surface area contributed by atoms with Crippen LogP contribution in [-0.4, -0.2) is 33.2 Å². The molecule has 0 aliphatic carbocycles. The lowest BCUT2D eigenvalue weighted by Gasteiger charge is -2.19. The van der Waals surface area contributed by atoms with Gasteiger partial charge in [0.05, 0.1) is 4.47 Å². The molecule has 148 valence electrons. The highest BCUT2D eigenvalue weighted by molar-refractivity contribution is 9.10. The van der Waals surface area contributed by atoms with Crippen molar-refractivity contribution in [2.45, 2.75) is 50.5 Å². The van der Waals surface area contributed by atoms with Crippen molar-refractivity contribution >= 4 is 32.0 Å². The Morgan fingerprint density at radius 1 is 1.12 bits per heavy atom. The number of carbonyl (C=O) groups is 1. The number of hydrogen-bond acceptors (Lipinski definition) is 4. The van der Waals surface area contributed by atoms with E-state index >= 15 is 0 Å². The van der Waals surface area contributed by atoms with E-state index in [1.807, 2.05) is 0 Å². The second kappa shape index (κ2) is 9.61. The minimum absolute atomic E-state index is 0.100. The van der Waals surface area contributed by atoms with Crippen molar-refractivity contribution in [1.82, 2.24) is 10.0 Å². The second-order valence-corrected chi connectivity index (χ2v) is 9.17. The van der Waals surface area contributed by atoms with Gasteiger partial charge in [0.1, 0.15) is 22.1 Å². The molecule has 6 nitrogen and oxygen atoms in total. The van der Waals surface area contributed by atoms with Gasteiger partial charge in [-0.2, -0.15) is 0 Å². The number of nitrogens with one attached hydrogen (secondary N) is 2. The highest BCUT2D eigenvalue weighted by atomic mass is 79.9. The van der Waals surface area contributed by atoms with Crippen LogP contribution in [0.3, 0.4) is 0 Å². The summed E-state index contributed by atoms with van der Waals surface area (Å²) in [5.41, 5.74) is -0.563. The molecule has 0 heterocycles. The average Bonchev–Trinajstić information content (AvgIpc) is 2.48. The van der Waals surface area contributed by atoms with Crippen LogP contribution in [0.5, 0.6) is 0 Å². The first kappa shape index (κ1) is 22.8. The number of unbranched alkanes of at least 4 members (excludes halogenated alkanes) is 2. The molecule has 2 N–H and O–H groups in total. The molecule has 0 unspecified atom stereocenters. The third kappa shape index (κ3) is 7.96. The molecule has 0 bridgehead atoms. The maximum Gasteiger partial charge on any atom is 0.407 e. The van der Waals surface area contributed by atoms with Gasteiger partial charge in [-0.15, -0.1) is 0 Å². The first-order valence-corrected chi connectivity index (χ1v) is 10.3. The number of halogens is 3. The largest absolute Gasteiger partial charge is 0.444 e. The van der Waals surface area contributed by atoms with Crippen molar-refractivity contribution in [3.05, 3.63) is 28.2 Å². The van der Waals surface area contributed by atoms with E-state index in [0.29, 0.717) is 31.9 Å². The molecule has 1 aromatic carbocycles. The van der Waals surface area contributed by atoms with Crippen LogP contribution in [0.15, 0.2) is 21.5 Å². The van der Waals surface area contributed by atoms with Crippen molar-refractivity contribution in [2.75, 3.05) is 13.1 Å². The zero-order chi connectivity index (χ0) is 20.0. The summed E-state index contributed by atoms with van der Waals surface area (Å²) in [7, 11) is -4.07. The zero-order valence-electron chi connectivity index (χ0n) is 14.9. The molecule has 0 fully saturated rings. The maximum atomic E-state index is 13.7. The van der Waals surface area contributed by atoms with Crippen molar-refractivity contribution in [3.8, 4) is 0 Å². The van der Waals surface area contributed by atoms with Crippen LogP contribution in [0.4, 0.5) is 13.6 Å². The molecule has 0 radical (unpaired) electrons. The summed E-state index contributed by atoms with van der Waals surface area (Å²) in [6, 6.07) is 1.40. The first-order chi connectivity index (χ1) is 11.9. The number of hydrogen-bond donors (Lipinski definition) is 2. The molecule has 0 saturated heterocycles.